The number of nitrogens with one attached hydrogen (secondary N) is 2. The van der Waals surface area contributed by atoms with Gasteiger partial charge in [-0.25, -0.2) is 4.79 Å². The molecule has 176 valence electrons. The Kier molecular flexibility index (Phi) is 8.85. The van der Waals surface area contributed by atoms with Crippen LogP contribution in [0.5, 0.6) is 5.75 Å². The number of urea groups is 1. The van der Waals surface area contributed by atoms with Crippen LogP contribution >= 0.6 is 23.4 Å². The number of ether oxygens (including phenoxy) is 1. The highest BCUT2D eigenvalue weighted by Crippen LogP contribution is 2.35. The Labute approximate surface area is 202 Å². The largest absolute Gasteiger partial charge is 0.497 e. The van der Waals surface area contributed by atoms with E-state index in [9.17, 15) is 14.4 Å². The van der Waals surface area contributed by atoms with Gasteiger partial charge in [-0.1, -0.05) is 12.1 Å². The van der Waals surface area contributed by atoms with Crippen LogP contribution in [0.1, 0.15) is 22.3 Å². The second-order valence-corrected chi connectivity index (χ2v) is 8.88. The molecule has 4 N–H and O–H groups in total. The second kappa shape index (κ2) is 11.8. The van der Waals surface area contributed by atoms with Crippen LogP contribution in [0.3, 0.4) is 0 Å². The number of carbonyl (C=O) groups is 3. The highest BCUT2D eigenvalue weighted by Gasteiger charge is 2.32. The molecule has 0 radical (unpaired) electrons. The first-order valence-electron chi connectivity index (χ1n) is 10.5. The summed E-state index contributed by atoms with van der Waals surface area (Å²) in [5.74, 6) is 0.629. The van der Waals surface area contributed by atoms with Crippen molar-refractivity contribution >= 4 is 46.9 Å². The lowest BCUT2D eigenvalue weighted by Crippen LogP contribution is -2.52. The second-order valence-electron chi connectivity index (χ2n) is 7.44. The number of nitrogens with two attached hydrogens (primary N) is 1. The van der Waals surface area contributed by atoms with Crippen LogP contribution in [0.4, 0.5) is 10.5 Å². The summed E-state index contributed by atoms with van der Waals surface area (Å²) >= 11 is 7.07. The van der Waals surface area contributed by atoms with Gasteiger partial charge in [0.1, 0.15) is 11.8 Å². The van der Waals surface area contributed by atoms with Crippen LogP contribution in [-0.2, 0) is 11.2 Å². The number of carbonyl (C=O) groups excluding carboxylic acids is 3. The molecule has 33 heavy (non-hydrogen) atoms. The number of benzene rings is 2. The van der Waals surface area contributed by atoms with Gasteiger partial charge in [0.05, 0.1) is 12.8 Å². The molecular weight excluding hydrogens is 464 g/mol. The lowest BCUT2D eigenvalue weighted by Gasteiger charge is -2.26. The molecule has 1 aliphatic rings. The third kappa shape index (κ3) is 6.55. The molecule has 10 heteroatoms. The summed E-state index contributed by atoms with van der Waals surface area (Å²) in [4.78, 5) is 39.8. The normalized spacial score (nSPS) is 15.4. The van der Waals surface area contributed by atoms with Crippen molar-refractivity contribution in [2.24, 2.45) is 5.73 Å². The maximum atomic E-state index is 13.4. The molecule has 2 aromatic carbocycles. The van der Waals surface area contributed by atoms with Gasteiger partial charge in [-0.15, -0.1) is 23.4 Å². The first-order valence-corrected chi connectivity index (χ1v) is 12.1. The van der Waals surface area contributed by atoms with Gasteiger partial charge in [0.15, 0.2) is 0 Å². The first-order chi connectivity index (χ1) is 15.9. The van der Waals surface area contributed by atoms with Crippen molar-refractivity contribution in [3.05, 3.63) is 53.6 Å². The van der Waals surface area contributed by atoms with Crippen molar-refractivity contribution in [3.8, 4) is 5.75 Å². The molecule has 0 bridgehead atoms. The van der Waals surface area contributed by atoms with E-state index >= 15 is 0 Å². The van der Waals surface area contributed by atoms with E-state index in [1.807, 2.05) is 24.3 Å². The Morgan fingerprint density at radius 1 is 1.24 bits per heavy atom. The van der Waals surface area contributed by atoms with Crippen molar-refractivity contribution in [2.75, 3.05) is 36.7 Å². The maximum absolute atomic E-state index is 13.4. The quantitative estimate of drug-likeness (QED) is 0.468. The zero-order valence-electron chi connectivity index (χ0n) is 18.3. The van der Waals surface area contributed by atoms with E-state index in [-0.39, 0.29) is 11.8 Å². The van der Waals surface area contributed by atoms with E-state index in [0.29, 0.717) is 36.5 Å². The molecule has 1 aliphatic heterocycles. The topological polar surface area (TPSA) is 114 Å². The molecule has 0 fully saturated rings. The predicted molar refractivity (Wildman–Crippen MR) is 130 cm³/mol. The van der Waals surface area contributed by atoms with Gasteiger partial charge in [0.25, 0.3) is 5.91 Å². The van der Waals surface area contributed by atoms with E-state index in [1.54, 1.807) is 30.2 Å². The van der Waals surface area contributed by atoms with E-state index in [1.165, 1.54) is 11.8 Å². The number of rotatable bonds is 9. The zero-order chi connectivity index (χ0) is 23.8. The summed E-state index contributed by atoms with van der Waals surface area (Å²) in [5, 5.41) is 5.36. The minimum Gasteiger partial charge on any atom is -0.497 e. The molecule has 8 nitrogen and oxygen atoms in total. The molecule has 0 aromatic heterocycles. The average molecular weight is 491 g/mol. The average Bonchev–Trinajstić information content (AvgIpc) is 2.94. The molecular formula is C23H27ClN4O4S. The molecule has 0 unspecified atom stereocenters. The van der Waals surface area contributed by atoms with Crippen molar-refractivity contribution < 1.29 is 19.1 Å². The fourth-order valence-corrected chi connectivity index (χ4v) is 4.64. The summed E-state index contributed by atoms with van der Waals surface area (Å²) in [6.45, 7) is 0.720. The predicted octanol–water partition coefficient (Wildman–Crippen LogP) is 2.77. The van der Waals surface area contributed by atoms with Gasteiger partial charge in [-0.2, -0.15) is 0 Å². The third-order valence-corrected chi connectivity index (χ3v) is 6.54. The van der Waals surface area contributed by atoms with Gasteiger partial charge in [0, 0.05) is 35.2 Å². The molecule has 0 saturated heterocycles. The van der Waals surface area contributed by atoms with Gasteiger partial charge in [-0.05, 0) is 48.7 Å². The van der Waals surface area contributed by atoms with E-state index in [4.69, 9.17) is 22.1 Å². The minimum absolute atomic E-state index is 0.237. The first kappa shape index (κ1) is 24.7. The zero-order valence-corrected chi connectivity index (χ0v) is 19.9. The number of anilines is 1. The number of fused-ring (bicyclic) bond motifs is 1. The van der Waals surface area contributed by atoms with Gasteiger partial charge in [-0.3, -0.25) is 9.59 Å². The number of hydrogen-bond acceptors (Lipinski definition) is 5. The number of amides is 4. The van der Waals surface area contributed by atoms with Gasteiger partial charge < -0.3 is 26.0 Å². The number of thioether (sulfide) groups is 1. The van der Waals surface area contributed by atoms with Crippen LogP contribution in [0, 0.1) is 0 Å². The molecule has 1 heterocycles. The van der Waals surface area contributed by atoms with Crippen molar-refractivity contribution in [3.63, 3.8) is 0 Å². The number of nitrogens with zero attached hydrogens (tertiary/aromatic N) is 1. The summed E-state index contributed by atoms with van der Waals surface area (Å²) in [5.41, 5.74) is 7.54. The van der Waals surface area contributed by atoms with E-state index in [0.717, 1.165) is 22.6 Å². The van der Waals surface area contributed by atoms with Crippen LogP contribution in [0.2, 0.25) is 0 Å². The highest BCUT2D eigenvalue weighted by molar-refractivity contribution is 7.99. The fourth-order valence-electron chi connectivity index (χ4n) is 3.49. The van der Waals surface area contributed by atoms with Gasteiger partial charge in [0.2, 0.25) is 5.91 Å². The lowest BCUT2D eigenvalue weighted by atomic mass is 10.1. The molecule has 4 amide bonds. The Morgan fingerprint density at radius 3 is 2.67 bits per heavy atom. The van der Waals surface area contributed by atoms with Crippen LogP contribution in [0.15, 0.2) is 47.4 Å². The minimum atomic E-state index is -0.726. The van der Waals surface area contributed by atoms with E-state index in [2.05, 4.69) is 10.6 Å². The monoisotopic (exact) mass is 490 g/mol. The molecule has 0 saturated carbocycles. The standard InChI is InChI=1S/C23H27ClN4O4S/c1-32-17-7-4-15(5-8-17)3-2-12-28-19-13-16(21(25)29)6-9-20(19)33-14-18(22(28)30)27-23(31)26-11-10-24/h4-9,13,18H,2-3,10-12,14H2,1H3,(H2,25,29)(H2,26,27,31)/t18-/m0/s1. The highest BCUT2D eigenvalue weighted by atomic mass is 35.5. The molecule has 2 aromatic rings. The number of methoxy groups -OCH3 is 1. The summed E-state index contributed by atoms with van der Waals surface area (Å²) in [7, 11) is 1.62. The third-order valence-electron chi connectivity index (χ3n) is 5.20. The Balaban J connectivity index is 1.79. The molecule has 0 aliphatic carbocycles. The fraction of sp³-hybridized carbons (Fsp3) is 0.348. The maximum Gasteiger partial charge on any atom is 0.315 e. The molecule has 1 atom stereocenters. The molecule has 0 spiro atoms. The smallest absolute Gasteiger partial charge is 0.315 e. The lowest BCUT2D eigenvalue weighted by molar-refractivity contribution is -0.119. The number of hydrogen-bond donors (Lipinski definition) is 3. The van der Waals surface area contributed by atoms with Crippen LogP contribution < -0.4 is 26.0 Å². The summed E-state index contributed by atoms with van der Waals surface area (Å²) in [6, 6.07) is 11.7. The SMILES string of the molecule is COc1ccc(CCCN2C(=O)[C@@H](NC(=O)NCCCl)CSc3ccc(C(N)=O)cc32)cc1. The van der Waals surface area contributed by atoms with Crippen LogP contribution in [0.25, 0.3) is 0 Å². The van der Waals surface area contributed by atoms with E-state index < -0.39 is 18.0 Å². The van der Waals surface area contributed by atoms with Crippen molar-refractivity contribution in [1.29, 1.82) is 0 Å². The summed E-state index contributed by atoms with van der Waals surface area (Å²) in [6.07, 6.45) is 1.44. The van der Waals surface area contributed by atoms with Crippen LogP contribution in [-0.4, -0.2) is 55.7 Å². The summed E-state index contributed by atoms with van der Waals surface area (Å²) < 4.78 is 5.19. The van der Waals surface area contributed by atoms with Gasteiger partial charge >= 0.3 is 6.03 Å². The Morgan fingerprint density at radius 2 is 2.00 bits per heavy atom. The van der Waals surface area contributed by atoms with Crippen molar-refractivity contribution in [2.45, 2.75) is 23.8 Å². The number of halogens is 1. The number of primary amides is 1. The van der Waals surface area contributed by atoms with Crippen molar-refractivity contribution in [1.82, 2.24) is 10.6 Å². The Bertz CT molecular complexity index is 1000. The number of alkyl halides is 1. The Hall–Kier alpha value is -2.91. The number of aryl methyl sites for hydroxylation is 1. The molecule has 3 rings (SSSR count).